The molecule has 30 heavy (non-hydrogen) atoms. The Labute approximate surface area is 173 Å². The van der Waals surface area contributed by atoms with Crippen molar-refractivity contribution in [1.82, 2.24) is 19.0 Å². The Balaban J connectivity index is 1.44. The lowest BCUT2D eigenvalue weighted by atomic mass is 9.96. The lowest BCUT2D eigenvalue weighted by molar-refractivity contribution is 0.286. The van der Waals surface area contributed by atoms with Crippen molar-refractivity contribution >= 4 is 21.1 Å². The topological polar surface area (TPSA) is 111 Å². The molecule has 1 aromatic carbocycles. The lowest BCUT2D eigenvalue weighted by Gasteiger charge is -2.30. The van der Waals surface area contributed by atoms with Gasteiger partial charge in [-0.25, -0.2) is 13.2 Å². The summed E-state index contributed by atoms with van der Waals surface area (Å²) in [5.74, 6) is 0.747. The average molecular weight is 433 g/mol. The van der Waals surface area contributed by atoms with Crippen LogP contribution in [0, 0.1) is 0 Å². The monoisotopic (exact) mass is 432 g/mol. The van der Waals surface area contributed by atoms with Gasteiger partial charge in [-0.05, 0) is 37.8 Å². The number of benzene rings is 1. The summed E-state index contributed by atoms with van der Waals surface area (Å²) in [5.41, 5.74) is 0.723. The normalized spacial score (nSPS) is 18.5. The third kappa shape index (κ3) is 3.47. The third-order valence-electron chi connectivity index (χ3n) is 6.12. The maximum Gasteiger partial charge on any atom is 0.420 e. The minimum absolute atomic E-state index is 0.00922. The molecule has 0 unspecified atom stereocenters. The van der Waals surface area contributed by atoms with Gasteiger partial charge in [0.05, 0.1) is 17.0 Å². The van der Waals surface area contributed by atoms with Crippen molar-refractivity contribution in [1.29, 1.82) is 0 Å². The van der Waals surface area contributed by atoms with E-state index in [-0.39, 0.29) is 23.1 Å². The molecule has 2 aliphatic rings. The molecule has 2 saturated carbocycles. The predicted octanol–water partition coefficient (Wildman–Crippen LogP) is 2.86. The van der Waals surface area contributed by atoms with Gasteiger partial charge in [0, 0.05) is 25.1 Å². The zero-order valence-electron chi connectivity index (χ0n) is 16.8. The highest BCUT2D eigenvalue weighted by Gasteiger charge is 2.31. The Kier molecular flexibility index (Phi) is 4.78. The van der Waals surface area contributed by atoms with Crippen molar-refractivity contribution in [2.45, 2.75) is 68.3 Å². The Morgan fingerprint density at radius 2 is 1.93 bits per heavy atom. The lowest BCUT2D eigenvalue weighted by Crippen LogP contribution is -2.38. The second-order valence-corrected chi connectivity index (χ2v) is 10.2. The highest BCUT2D eigenvalue weighted by molar-refractivity contribution is 7.89. The molecular formula is C20H24N4O5S. The summed E-state index contributed by atoms with van der Waals surface area (Å²) in [5, 5.41) is 3.94. The Morgan fingerprint density at radius 3 is 2.67 bits per heavy atom. The largest absolute Gasteiger partial charge is 0.420 e. The molecule has 0 atom stereocenters. The van der Waals surface area contributed by atoms with Crippen molar-refractivity contribution in [3.63, 3.8) is 0 Å². The molecule has 0 bridgehead atoms. The number of hydrogen-bond acceptors (Lipinski definition) is 7. The van der Waals surface area contributed by atoms with Crippen LogP contribution >= 0.6 is 0 Å². The molecule has 0 aliphatic heterocycles. The molecule has 0 spiro atoms. The standard InChI is InChI=1S/C20H24N4O5S/c1-23(14-5-3-2-4-6-14)30(26,27)15-9-10-16-17(11-15)28-20(25)24(16)12-18-21-19(29-22-18)13-7-8-13/h9-11,13-14H,2-8,12H2,1H3. The van der Waals surface area contributed by atoms with Crippen molar-refractivity contribution in [2.24, 2.45) is 0 Å². The van der Waals surface area contributed by atoms with Gasteiger partial charge >= 0.3 is 5.76 Å². The second kappa shape index (κ2) is 7.35. The maximum atomic E-state index is 13.1. The summed E-state index contributed by atoms with van der Waals surface area (Å²) in [6.45, 7) is 0.107. The highest BCUT2D eigenvalue weighted by Crippen LogP contribution is 2.38. The molecule has 0 saturated heterocycles. The molecule has 10 heteroatoms. The summed E-state index contributed by atoms with van der Waals surface area (Å²) in [6.07, 6.45) is 7.07. The SMILES string of the molecule is CN(C1CCCCC1)S(=O)(=O)c1ccc2c(c1)oc(=O)n2Cc1noc(C2CC2)n1. The molecule has 2 heterocycles. The zero-order chi connectivity index (χ0) is 20.9. The van der Waals surface area contributed by atoms with Crippen LogP contribution in [0.2, 0.25) is 0 Å². The van der Waals surface area contributed by atoms with Crippen LogP contribution in [0.4, 0.5) is 0 Å². The van der Waals surface area contributed by atoms with Crippen LogP contribution in [-0.4, -0.2) is 40.5 Å². The smallest absolute Gasteiger partial charge is 0.408 e. The highest BCUT2D eigenvalue weighted by atomic mass is 32.2. The second-order valence-electron chi connectivity index (χ2n) is 8.22. The molecule has 160 valence electrons. The Morgan fingerprint density at radius 1 is 1.17 bits per heavy atom. The van der Waals surface area contributed by atoms with Gasteiger partial charge < -0.3 is 8.94 Å². The minimum atomic E-state index is -3.67. The molecule has 0 amide bonds. The summed E-state index contributed by atoms with van der Waals surface area (Å²) >= 11 is 0. The summed E-state index contributed by atoms with van der Waals surface area (Å²) < 4.78 is 39.6. The van der Waals surface area contributed by atoms with E-state index in [1.54, 1.807) is 13.1 Å². The van der Waals surface area contributed by atoms with E-state index in [9.17, 15) is 13.2 Å². The van der Waals surface area contributed by atoms with E-state index in [2.05, 4.69) is 10.1 Å². The fraction of sp³-hybridized carbons (Fsp3) is 0.550. The number of oxazole rings is 1. The van der Waals surface area contributed by atoms with Gasteiger partial charge in [0.25, 0.3) is 0 Å². The van der Waals surface area contributed by atoms with E-state index in [0.29, 0.717) is 23.1 Å². The van der Waals surface area contributed by atoms with Gasteiger partial charge in [0.2, 0.25) is 15.9 Å². The van der Waals surface area contributed by atoms with Crippen LogP contribution in [-0.2, 0) is 16.6 Å². The van der Waals surface area contributed by atoms with Crippen LogP contribution in [0.5, 0.6) is 0 Å². The van der Waals surface area contributed by atoms with Crippen molar-refractivity contribution in [2.75, 3.05) is 7.05 Å². The first-order valence-corrected chi connectivity index (χ1v) is 11.8. The average Bonchev–Trinajstić information content (AvgIpc) is 3.42. The molecule has 2 fully saturated rings. The first-order valence-electron chi connectivity index (χ1n) is 10.4. The predicted molar refractivity (Wildman–Crippen MR) is 108 cm³/mol. The van der Waals surface area contributed by atoms with E-state index in [4.69, 9.17) is 8.94 Å². The summed E-state index contributed by atoms with van der Waals surface area (Å²) in [4.78, 5) is 16.9. The van der Waals surface area contributed by atoms with E-state index in [1.807, 2.05) is 0 Å². The Hall–Kier alpha value is -2.46. The molecule has 9 nitrogen and oxygen atoms in total. The minimum Gasteiger partial charge on any atom is -0.408 e. The van der Waals surface area contributed by atoms with Crippen molar-refractivity contribution in [3.8, 4) is 0 Å². The maximum absolute atomic E-state index is 13.1. The van der Waals surface area contributed by atoms with Gasteiger partial charge in [-0.15, -0.1) is 0 Å². The quantitative estimate of drug-likeness (QED) is 0.589. The van der Waals surface area contributed by atoms with Crippen LogP contribution in [0.3, 0.4) is 0 Å². The van der Waals surface area contributed by atoms with Crippen LogP contribution < -0.4 is 5.76 Å². The van der Waals surface area contributed by atoms with E-state index >= 15 is 0 Å². The van der Waals surface area contributed by atoms with Crippen molar-refractivity contribution < 1.29 is 17.4 Å². The summed E-state index contributed by atoms with van der Waals surface area (Å²) in [7, 11) is -2.04. The van der Waals surface area contributed by atoms with Gasteiger partial charge in [-0.1, -0.05) is 24.4 Å². The molecule has 2 aliphatic carbocycles. The van der Waals surface area contributed by atoms with E-state index in [1.165, 1.54) is 21.0 Å². The molecule has 2 aromatic heterocycles. The van der Waals surface area contributed by atoms with Crippen molar-refractivity contribution in [3.05, 3.63) is 40.5 Å². The molecule has 3 aromatic rings. The molecule has 0 N–H and O–H groups in total. The van der Waals surface area contributed by atoms with E-state index < -0.39 is 15.8 Å². The zero-order valence-corrected chi connectivity index (χ0v) is 17.6. The molecular weight excluding hydrogens is 408 g/mol. The molecule has 5 rings (SSSR count). The molecule has 0 radical (unpaired) electrons. The first-order chi connectivity index (χ1) is 14.4. The van der Waals surface area contributed by atoms with Gasteiger partial charge in [-0.2, -0.15) is 9.29 Å². The Bertz CT molecular complexity index is 1230. The van der Waals surface area contributed by atoms with Crippen LogP contribution in [0.15, 0.2) is 36.8 Å². The third-order valence-corrected chi connectivity index (χ3v) is 8.02. The van der Waals surface area contributed by atoms with Crippen LogP contribution in [0.25, 0.3) is 11.1 Å². The van der Waals surface area contributed by atoms with Gasteiger partial charge in [-0.3, -0.25) is 4.57 Å². The van der Waals surface area contributed by atoms with E-state index in [0.717, 1.165) is 44.9 Å². The van der Waals surface area contributed by atoms with Gasteiger partial charge in [0.1, 0.15) is 0 Å². The number of sulfonamides is 1. The van der Waals surface area contributed by atoms with Crippen LogP contribution in [0.1, 0.15) is 62.6 Å². The fourth-order valence-corrected chi connectivity index (χ4v) is 5.57. The number of rotatable bonds is 6. The number of fused-ring (bicyclic) bond motifs is 1. The number of hydrogen-bond donors (Lipinski definition) is 0. The number of aromatic nitrogens is 3. The summed E-state index contributed by atoms with van der Waals surface area (Å²) in [6, 6.07) is 4.56. The first kappa shape index (κ1) is 19.5. The number of nitrogens with zero attached hydrogens (tertiary/aromatic N) is 4. The van der Waals surface area contributed by atoms with Gasteiger partial charge in [0.15, 0.2) is 11.4 Å². The fourth-order valence-electron chi connectivity index (χ4n) is 4.13.